The van der Waals surface area contributed by atoms with Gasteiger partial charge in [-0.2, -0.15) is 0 Å². The highest BCUT2D eigenvalue weighted by Gasteiger charge is 2.12. The Labute approximate surface area is 135 Å². The van der Waals surface area contributed by atoms with Crippen LogP contribution in [-0.2, 0) is 13.5 Å². The van der Waals surface area contributed by atoms with Gasteiger partial charge in [0.1, 0.15) is 0 Å². The predicted molar refractivity (Wildman–Crippen MR) is 87.9 cm³/mol. The minimum absolute atomic E-state index is 0.166. The highest BCUT2D eigenvalue weighted by molar-refractivity contribution is 9.10. The van der Waals surface area contributed by atoms with E-state index in [4.69, 9.17) is 16.0 Å². The van der Waals surface area contributed by atoms with Crippen LogP contribution in [0, 0.1) is 0 Å². The Hall–Kier alpha value is -1.52. The first-order valence-electron chi connectivity index (χ1n) is 6.52. The lowest BCUT2D eigenvalue weighted by Gasteiger charge is -2.10. The number of hydrogen-bond acceptors (Lipinski definition) is 2. The van der Waals surface area contributed by atoms with E-state index in [-0.39, 0.29) is 11.1 Å². The molecule has 1 atom stereocenters. The van der Waals surface area contributed by atoms with E-state index in [0.717, 1.165) is 27.5 Å². The molecule has 0 radical (unpaired) electrons. The van der Waals surface area contributed by atoms with Crippen LogP contribution in [0.3, 0.4) is 0 Å². The van der Waals surface area contributed by atoms with Gasteiger partial charge in [0, 0.05) is 11.5 Å². The summed E-state index contributed by atoms with van der Waals surface area (Å²) in [5.74, 6) is -0.360. The summed E-state index contributed by atoms with van der Waals surface area (Å²) in [6.07, 6.45) is 0.720. The van der Waals surface area contributed by atoms with Crippen LogP contribution in [0.4, 0.5) is 0 Å². The molecule has 0 aliphatic heterocycles. The summed E-state index contributed by atoms with van der Waals surface area (Å²) in [7, 11) is 1.69. The zero-order valence-corrected chi connectivity index (χ0v) is 13.7. The van der Waals surface area contributed by atoms with Gasteiger partial charge in [-0.05, 0) is 41.8 Å². The van der Waals surface area contributed by atoms with Crippen LogP contribution in [-0.4, -0.2) is 4.57 Å². The summed E-state index contributed by atoms with van der Waals surface area (Å²) in [6, 6.07) is 13.7. The quantitative estimate of drug-likeness (QED) is 0.643. The molecule has 0 N–H and O–H groups in total. The molecule has 5 heteroatoms. The number of hydrogen-bond donors (Lipinski definition) is 0. The molecule has 1 heterocycles. The van der Waals surface area contributed by atoms with Gasteiger partial charge in [0.25, 0.3) is 0 Å². The van der Waals surface area contributed by atoms with Crippen LogP contribution in [0.2, 0.25) is 0 Å². The van der Waals surface area contributed by atoms with E-state index in [1.165, 1.54) is 4.57 Å². The van der Waals surface area contributed by atoms with E-state index >= 15 is 0 Å². The molecular weight excluding hydrogens is 354 g/mol. The molecule has 2 aromatic carbocycles. The lowest BCUT2D eigenvalue weighted by molar-refractivity contribution is 0.528. The Morgan fingerprint density at radius 2 is 1.95 bits per heavy atom. The van der Waals surface area contributed by atoms with Gasteiger partial charge < -0.3 is 4.42 Å². The second kappa shape index (κ2) is 5.70. The van der Waals surface area contributed by atoms with Crippen molar-refractivity contribution < 1.29 is 4.42 Å². The highest BCUT2D eigenvalue weighted by atomic mass is 79.9. The molecule has 0 saturated heterocycles. The number of halogens is 2. The number of alkyl halides is 1. The predicted octanol–water partition coefficient (Wildman–Crippen LogP) is 4.42. The fourth-order valence-electron chi connectivity index (χ4n) is 2.29. The SMILES string of the molecule is Cn1c(=O)oc2cc(C(Cl)Cc3ccc(Br)cc3)ccc21. The van der Waals surface area contributed by atoms with Crippen molar-refractivity contribution in [1.82, 2.24) is 4.57 Å². The zero-order chi connectivity index (χ0) is 15.0. The van der Waals surface area contributed by atoms with Crippen molar-refractivity contribution in [2.24, 2.45) is 7.05 Å². The van der Waals surface area contributed by atoms with Crippen molar-refractivity contribution in [3.05, 3.63) is 68.6 Å². The molecule has 0 saturated carbocycles. The maximum Gasteiger partial charge on any atom is 0.419 e. The number of aromatic nitrogens is 1. The standard InChI is InChI=1S/C16H13BrClNO2/c1-19-14-7-4-11(9-15(14)21-16(19)20)13(18)8-10-2-5-12(17)6-3-10/h2-7,9,13H,8H2,1H3. The number of oxazole rings is 1. The lowest BCUT2D eigenvalue weighted by Crippen LogP contribution is -2.08. The molecule has 0 bridgehead atoms. The summed E-state index contributed by atoms with van der Waals surface area (Å²) < 4.78 is 7.73. The molecule has 3 aromatic rings. The third kappa shape index (κ3) is 2.92. The monoisotopic (exact) mass is 365 g/mol. The fourth-order valence-corrected chi connectivity index (χ4v) is 2.87. The van der Waals surface area contributed by atoms with Gasteiger partial charge in [0.2, 0.25) is 0 Å². The Morgan fingerprint density at radius 3 is 2.67 bits per heavy atom. The minimum Gasteiger partial charge on any atom is -0.408 e. The van der Waals surface area contributed by atoms with Crippen molar-refractivity contribution in [3.8, 4) is 0 Å². The van der Waals surface area contributed by atoms with Gasteiger partial charge in [0.15, 0.2) is 5.58 Å². The lowest BCUT2D eigenvalue weighted by atomic mass is 10.0. The minimum atomic E-state index is -0.360. The van der Waals surface area contributed by atoms with Crippen LogP contribution < -0.4 is 5.76 Å². The molecule has 108 valence electrons. The van der Waals surface area contributed by atoms with Crippen molar-refractivity contribution >= 4 is 38.6 Å². The highest BCUT2D eigenvalue weighted by Crippen LogP contribution is 2.28. The zero-order valence-electron chi connectivity index (χ0n) is 11.3. The Balaban J connectivity index is 1.89. The molecule has 0 aliphatic carbocycles. The van der Waals surface area contributed by atoms with Gasteiger partial charge in [-0.15, -0.1) is 11.6 Å². The van der Waals surface area contributed by atoms with E-state index in [1.54, 1.807) is 7.05 Å². The van der Waals surface area contributed by atoms with Gasteiger partial charge >= 0.3 is 5.76 Å². The average Bonchev–Trinajstić information content (AvgIpc) is 2.76. The molecule has 3 nitrogen and oxygen atoms in total. The van der Waals surface area contributed by atoms with E-state index in [2.05, 4.69) is 15.9 Å². The Bertz CT molecular complexity index is 836. The normalized spacial score (nSPS) is 12.7. The Kier molecular flexibility index (Phi) is 3.91. The maximum absolute atomic E-state index is 11.5. The smallest absolute Gasteiger partial charge is 0.408 e. The van der Waals surface area contributed by atoms with Crippen LogP contribution in [0.15, 0.2) is 56.1 Å². The number of rotatable bonds is 3. The molecule has 0 amide bonds. The number of aryl methyl sites for hydroxylation is 1. The summed E-state index contributed by atoms with van der Waals surface area (Å²) in [4.78, 5) is 11.5. The molecule has 0 spiro atoms. The first kappa shape index (κ1) is 14.4. The van der Waals surface area contributed by atoms with Crippen molar-refractivity contribution in [1.29, 1.82) is 0 Å². The third-order valence-electron chi connectivity index (χ3n) is 3.51. The second-order valence-corrected chi connectivity index (χ2v) is 6.39. The molecule has 1 unspecified atom stereocenters. The van der Waals surface area contributed by atoms with Gasteiger partial charge in [-0.1, -0.05) is 34.1 Å². The van der Waals surface area contributed by atoms with Crippen molar-refractivity contribution in [3.63, 3.8) is 0 Å². The molecule has 3 rings (SSSR count). The van der Waals surface area contributed by atoms with E-state index in [9.17, 15) is 4.79 Å². The molecule has 21 heavy (non-hydrogen) atoms. The van der Waals surface area contributed by atoms with Crippen LogP contribution in [0.5, 0.6) is 0 Å². The first-order valence-corrected chi connectivity index (χ1v) is 7.75. The molecule has 0 fully saturated rings. The second-order valence-electron chi connectivity index (χ2n) is 4.95. The molecule has 1 aromatic heterocycles. The van der Waals surface area contributed by atoms with Crippen molar-refractivity contribution in [2.75, 3.05) is 0 Å². The van der Waals surface area contributed by atoms with Gasteiger partial charge in [-0.25, -0.2) is 4.79 Å². The van der Waals surface area contributed by atoms with E-state index < -0.39 is 0 Å². The number of fused-ring (bicyclic) bond motifs is 1. The topological polar surface area (TPSA) is 35.1 Å². The van der Waals surface area contributed by atoms with E-state index in [1.807, 2.05) is 42.5 Å². The third-order valence-corrected chi connectivity index (χ3v) is 4.44. The van der Waals surface area contributed by atoms with E-state index in [0.29, 0.717) is 5.58 Å². The summed E-state index contributed by atoms with van der Waals surface area (Å²) >= 11 is 9.90. The molecular formula is C16H13BrClNO2. The first-order chi connectivity index (χ1) is 10.0. The summed E-state index contributed by atoms with van der Waals surface area (Å²) in [5.41, 5.74) is 3.45. The number of benzene rings is 2. The van der Waals surface area contributed by atoms with Crippen LogP contribution in [0.1, 0.15) is 16.5 Å². The average molecular weight is 367 g/mol. The maximum atomic E-state index is 11.5. The number of nitrogens with zero attached hydrogens (tertiary/aromatic N) is 1. The summed E-state index contributed by atoms with van der Waals surface area (Å²) in [5, 5.41) is -0.166. The Morgan fingerprint density at radius 1 is 1.24 bits per heavy atom. The summed E-state index contributed by atoms with van der Waals surface area (Å²) in [6.45, 7) is 0. The van der Waals surface area contributed by atoms with Gasteiger partial charge in [-0.3, -0.25) is 4.57 Å². The largest absolute Gasteiger partial charge is 0.419 e. The molecule has 0 aliphatic rings. The van der Waals surface area contributed by atoms with Crippen LogP contribution in [0.25, 0.3) is 11.1 Å². The van der Waals surface area contributed by atoms with Crippen molar-refractivity contribution in [2.45, 2.75) is 11.8 Å². The fraction of sp³-hybridized carbons (Fsp3) is 0.188. The van der Waals surface area contributed by atoms with Gasteiger partial charge in [0.05, 0.1) is 10.9 Å². The van der Waals surface area contributed by atoms with Crippen LogP contribution >= 0.6 is 27.5 Å².